The van der Waals surface area contributed by atoms with E-state index in [0.29, 0.717) is 5.02 Å². The molecule has 1 N–H and O–H groups in total. The Balaban J connectivity index is 2.42. The van der Waals surface area contributed by atoms with Gasteiger partial charge in [-0.1, -0.05) is 49.7 Å². The molecule has 106 valence electrons. The lowest BCUT2D eigenvalue weighted by molar-refractivity contribution is 0.219. The second-order valence-electron chi connectivity index (χ2n) is 5.14. The first kappa shape index (κ1) is 15.1. The van der Waals surface area contributed by atoms with Crippen LogP contribution in [0.25, 0.3) is 0 Å². The summed E-state index contributed by atoms with van der Waals surface area (Å²) in [5, 5.41) is 11.3. The van der Waals surface area contributed by atoms with E-state index in [9.17, 15) is 5.11 Å². The van der Waals surface area contributed by atoms with Crippen LogP contribution in [0, 0.1) is 6.92 Å². The van der Waals surface area contributed by atoms with E-state index >= 15 is 0 Å². The molecule has 0 aliphatic carbocycles. The minimum atomic E-state index is -0.620. The first-order valence-electron chi connectivity index (χ1n) is 7.12. The highest BCUT2D eigenvalue weighted by Gasteiger charge is 2.14. The fourth-order valence-corrected chi connectivity index (χ4v) is 2.76. The van der Waals surface area contributed by atoms with E-state index < -0.39 is 6.10 Å². The van der Waals surface area contributed by atoms with Crippen LogP contribution < -0.4 is 0 Å². The fourth-order valence-electron chi connectivity index (χ4n) is 2.58. The Bertz CT molecular complexity index is 604. The van der Waals surface area contributed by atoms with Gasteiger partial charge in [-0.3, -0.25) is 0 Å². The average molecular weight is 289 g/mol. The molecule has 0 aliphatic heterocycles. The molecule has 1 nitrogen and oxygen atoms in total. The van der Waals surface area contributed by atoms with Crippen LogP contribution >= 0.6 is 11.6 Å². The monoisotopic (exact) mass is 288 g/mol. The molecule has 2 aromatic carbocycles. The summed E-state index contributed by atoms with van der Waals surface area (Å²) in [6.45, 7) is 6.30. The molecule has 0 heterocycles. The Morgan fingerprint density at radius 2 is 1.70 bits per heavy atom. The molecule has 1 atom stereocenters. The first-order valence-corrected chi connectivity index (χ1v) is 7.50. The third-order valence-corrected chi connectivity index (χ3v) is 4.08. The van der Waals surface area contributed by atoms with Crippen LogP contribution in [-0.2, 0) is 12.8 Å². The number of hydrogen-bond acceptors (Lipinski definition) is 1. The molecule has 2 rings (SSSR count). The van der Waals surface area contributed by atoms with Gasteiger partial charge in [0.2, 0.25) is 0 Å². The predicted octanol–water partition coefficient (Wildman–Crippen LogP) is 4.85. The maximum absolute atomic E-state index is 10.6. The van der Waals surface area contributed by atoms with Crippen molar-refractivity contribution in [2.75, 3.05) is 0 Å². The molecular formula is C18H21ClO. The lowest BCUT2D eigenvalue weighted by Crippen LogP contribution is -2.04. The van der Waals surface area contributed by atoms with Gasteiger partial charge in [0.1, 0.15) is 6.10 Å². The number of aryl methyl sites for hydroxylation is 3. The number of aliphatic hydroxyl groups excluding tert-OH is 1. The third kappa shape index (κ3) is 3.05. The standard InChI is InChI=1S/C18H21ClO/c1-4-13-7-8-15(10-14(13)5-2)18(20)17-11-16(19)9-6-12(17)3/h6-11,18,20H,4-5H2,1-3H3. The summed E-state index contributed by atoms with van der Waals surface area (Å²) in [7, 11) is 0. The molecule has 1 unspecified atom stereocenters. The topological polar surface area (TPSA) is 20.2 Å². The Hall–Kier alpha value is -1.31. The summed E-state index contributed by atoms with van der Waals surface area (Å²) < 4.78 is 0. The maximum atomic E-state index is 10.6. The average Bonchev–Trinajstić information content (AvgIpc) is 2.48. The molecule has 0 saturated heterocycles. The highest BCUT2D eigenvalue weighted by molar-refractivity contribution is 6.30. The van der Waals surface area contributed by atoms with E-state index in [0.717, 1.165) is 29.5 Å². The summed E-state index contributed by atoms with van der Waals surface area (Å²) >= 11 is 6.04. The number of hydrogen-bond donors (Lipinski definition) is 1. The van der Waals surface area contributed by atoms with E-state index in [2.05, 4.69) is 26.0 Å². The molecule has 2 heteroatoms. The lowest BCUT2D eigenvalue weighted by atomic mass is 9.93. The van der Waals surface area contributed by atoms with Crippen LogP contribution in [0.1, 0.15) is 47.8 Å². The van der Waals surface area contributed by atoms with Gasteiger partial charge in [0.25, 0.3) is 0 Å². The zero-order valence-corrected chi connectivity index (χ0v) is 13.0. The molecule has 2 aromatic rings. The molecule has 20 heavy (non-hydrogen) atoms. The summed E-state index contributed by atoms with van der Waals surface area (Å²) in [6, 6.07) is 11.9. The molecule has 0 spiro atoms. The van der Waals surface area contributed by atoms with Crippen molar-refractivity contribution in [2.24, 2.45) is 0 Å². The normalized spacial score (nSPS) is 12.4. The molecule has 0 aliphatic rings. The van der Waals surface area contributed by atoms with Crippen LogP contribution in [0.5, 0.6) is 0 Å². The summed E-state index contributed by atoms with van der Waals surface area (Å²) in [5.41, 5.74) is 5.53. The summed E-state index contributed by atoms with van der Waals surface area (Å²) in [5.74, 6) is 0. The van der Waals surface area contributed by atoms with E-state index in [1.807, 2.05) is 31.2 Å². The number of benzene rings is 2. The predicted molar refractivity (Wildman–Crippen MR) is 85.4 cm³/mol. The van der Waals surface area contributed by atoms with Crippen molar-refractivity contribution in [1.29, 1.82) is 0 Å². The van der Waals surface area contributed by atoms with Crippen molar-refractivity contribution in [3.63, 3.8) is 0 Å². The smallest absolute Gasteiger partial charge is 0.104 e. The SMILES string of the molecule is CCc1ccc(C(O)c2cc(Cl)ccc2C)cc1CC. The Kier molecular flexibility index (Phi) is 4.85. The van der Waals surface area contributed by atoms with Crippen LogP contribution in [-0.4, -0.2) is 5.11 Å². The number of aliphatic hydroxyl groups is 1. The second kappa shape index (κ2) is 6.43. The molecule has 0 fully saturated rings. The fraction of sp³-hybridized carbons (Fsp3) is 0.333. The van der Waals surface area contributed by atoms with Crippen LogP contribution in [0.15, 0.2) is 36.4 Å². The van der Waals surface area contributed by atoms with Crippen LogP contribution in [0.2, 0.25) is 5.02 Å². The van der Waals surface area contributed by atoms with Gasteiger partial charge in [-0.2, -0.15) is 0 Å². The van der Waals surface area contributed by atoms with Gasteiger partial charge in [0.15, 0.2) is 0 Å². The van der Waals surface area contributed by atoms with E-state index in [-0.39, 0.29) is 0 Å². The minimum absolute atomic E-state index is 0.620. The van der Waals surface area contributed by atoms with Gasteiger partial charge in [-0.15, -0.1) is 0 Å². The van der Waals surface area contributed by atoms with Gasteiger partial charge in [-0.25, -0.2) is 0 Å². The molecular weight excluding hydrogens is 268 g/mol. The van der Waals surface area contributed by atoms with Crippen molar-refractivity contribution < 1.29 is 5.11 Å². The Morgan fingerprint density at radius 3 is 2.35 bits per heavy atom. The van der Waals surface area contributed by atoms with Gasteiger partial charge in [-0.05, 0) is 59.7 Å². The van der Waals surface area contributed by atoms with Crippen molar-refractivity contribution in [1.82, 2.24) is 0 Å². The van der Waals surface area contributed by atoms with E-state index in [4.69, 9.17) is 11.6 Å². The molecule has 0 saturated carbocycles. The van der Waals surface area contributed by atoms with Gasteiger partial charge in [0, 0.05) is 5.02 Å². The third-order valence-electron chi connectivity index (χ3n) is 3.84. The minimum Gasteiger partial charge on any atom is -0.384 e. The molecule has 0 radical (unpaired) electrons. The number of halogens is 1. The Labute approximate surface area is 126 Å². The highest BCUT2D eigenvalue weighted by Crippen LogP contribution is 2.28. The Morgan fingerprint density at radius 1 is 1.00 bits per heavy atom. The second-order valence-corrected chi connectivity index (χ2v) is 5.58. The summed E-state index contributed by atoms with van der Waals surface area (Å²) in [4.78, 5) is 0. The molecule has 0 bridgehead atoms. The lowest BCUT2D eigenvalue weighted by Gasteiger charge is -2.17. The van der Waals surface area contributed by atoms with Crippen LogP contribution in [0.4, 0.5) is 0 Å². The molecule has 0 amide bonds. The van der Waals surface area contributed by atoms with Crippen molar-refractivity contribution in [3.05, 3.63) is 69.2 Å². The molecule has 0 aromatic heterocycles. The largest absolute Gasteiger partial charge is 0.384 e. The van der Waals surface area contributed by atoms with Gasteiger partial charge >= 0.3 is 0 Å². The van der Waals surface area contributed by atoms with Crippen molar-refractivity contribution >= 4 is 11.6 Å². The van der Waals surface area contributed by atoms with E-state index in [1.165, 1.54) is 11.1 Å². The van der Waals surface area contributed by atoms with Gasteiger partial charge < -0.3 is 5.11 Å². The zero-order chi connectivity index (χ0) is 14.7. The first-order chi connectivity index (χ1) is 9.56. The quantitative estimate of drug-likeness (QED) is 0.852. The number of rotatable bonds is 4. The van der Waals surface area contributed by atoms with Gasteiger partial charge in [0.05, 0.1) is 0 Å². The summed E-state index contributed by atoms with van der Waals surface area (Å²) in [6.07, 6.45) is 1.39. The van der Waals surface area contributed by atoms with Crippen LogP contribution in [0.3, 0.4) is 0 Å². The van der Waals surface area contributed by atoms with Crippen molar-refractivity contribution in [2.45, 2.75) is 39.7 Å². The maximum Gasteiger partial charge on any atom is 0.104 e. The van der Waals surface area contributed by atoms with E-state index in [1.54, 1.807) is 0 Å². The highest BCUT2D eigenvalue weighted by atomic mass is 35.5. The van der Waals surface area contributed by atoms with Crippen molar-refractivity contribution in [3.8, 4) is 0 Å². The zero-order valence-electron chi connectivity index (χ0n) is 12.3.